The molecule has 0 spiro atoms. The standard InChI is InChI=1S/C41H44FN7O3/c1-24-20-31-37(36(42)34(24)30-13-8-11-26-10-7-12-27(22-44)35(26)30)46-39(51-25(2)33-14-9-18-47(33)6)32-23-45-49(38(31)32)29-16-19-48(28(21-29)15-17-43)40(50)52-41(3,4)5/h7-8,10-13,20,23,25,28-29,33H,9,14-16,18-19,21H2,1-6H3/t25-,28+,29-,33-/m0/s1. The maximum Gasteiger partial charge on any atom is 0.410 e. The van der Waals surface area contributed by atoms with E-state index in [1.54, 1.807) is 17.2 Å². The third-order valence-electron chi connectivity index (χ3n) is 10.6. The molecule has 0 radical (unpaired) electrons. The van der Waals surface area contributed by atoms with Crippen LogP contribution < -0.4 is 4.74 Å². The molecule has 52 heavy (non-hydrogen) atoms. The van der Waals surface area contributed by atoms with Gasteiger partial charge in [-0.1, -0.05) is 30.3 Å². The van der Waals surface area contributed by atoms with Crippen molar-refractivity contribution in [3.05, 3.63) is 65.6 Å². The van der Waals surface area contributed by atoms with Gasteiger partial charge in [0.05, 0.1) is 53.3 Å². The molecular formula is C41H44FN7O3. The van der Waals surface area contributed by atoms with E-state index in [1.807, 2.05) is 75.7 Å². The smallest absolute Gasteiger partial charge is 0.410 e. The second-order valence-corrected chi connectivity index (χ2v) is 15.2. The summed E-state index contributed by atoms with van der Waals surface area (Å²) in [7, 11) is 2.09. The van der Waals surface area contributed by atoms with Crippen LogP contribution in [0.3, 0.4) is 0 Å². The number of aryl methyl sites for hydroxylation is 1. The number of pyridine rings is 1. The lowest BCUT2D eigenvalue weighted by Crippen LogP contribution is -2.48. The summed E-state index contributed by atoms with van der Waals surface area (Å²) in [6, 6.07) is 17.3. The number of piperidine rings is 1. The van der Waals surface area contributed by atoms with Crippen molar-refractivity contribution in [1.82, 2.24) is 24.6 Å². The Labute approximate surface area is 303 Å². The number of rotatable bonds is 6. The average Bonchev–Trinajstić information content (AvgIpc) is 3.75. The number of hydrogen-bond donors (Lipinski definition) is 0. The maximum absolute atomic E-state index is 17.4. The number of ether oxygens (including phenoxy) is 2. The molecule has 10 nitrogen and oxygen atoms in total. The Morgan fingerprint density at radius 2 is 1.88 bits per heavy atom. The van der Waals surface area contributed by atoms with Crippen molar-refractivity contribution in [2.75, 3.05) is 20.1 Å². The lowest BCUT2D eigenvalue weighted by atomic mass is 9.91. The number of likely N-dealkylation sites (tertiary alicyclic amines) is 2. The van der Waals surface area contributed by atoms with Crippen molar-refractivity contribution in [1.29, 1.82) is 10.5 Å². The molecule has 5 aromatic rings. The van der Waals surface area contributed by atoms with E-state index in [-0.39, 0.29) is 36.2 Å². The zero-order chi connectivity index (χ0) is 36.9. The van der Waals surface area contributed by atoms with Crippen molar-refractivity contribution >= 4 is 38.7 Å². The van der Waals surface area contributed by atoms with E-state index in [2.05, 4.69) is 24.1 Å². The van der Waals surface area contributed by atoms with E-state index >= 15 is 4.39 Å². The Morgan fingerprint density at radius 3 is 2.58 bits per heavy atom. The SMILES string of the molecule is Cc1cc2c(nc(O[C@@H](C)[C@@H]3CCCN3C)c3cnn([C@H]4CCN(C(=O)OC(C)(C)C)[C@H](CC#N)C4)c32)c(F)c1-c1cccc2cccc(C#N)c12. The van der Waals surface area contributed by atoms with Gasteiger partial charge in [0.1, 0.15) is 17.2 Å². The molecule has 268 valence electrons. The number of likely N-dealkylation sites (N-methyl/N-ethyl adjacent to an activating group) is 1. The summed E-state index contributed by atoms with van der Waals surface area (Å²) in [6.45, 7) is 10.7. The van der Waals surface area contributed by atoms with Crippen LogP contribution in [-0.2, 0) is 4.74 Å². The van der Waals surface area contributed by atoms with Crippen molar-refractivity contribution in [2.45, 2.75) is 96.6 Å². The minimum absolute atomic E-state index is 0.144. The molecule has 2 aliphatic rings. The Hall–Kier alpha value is -5.26. The highest BCUT2D eigenvalue weighted by Crippen LogP contribution is 2.42. The summed E-state index contributed by atoms with van der Waals surface area (Å²) in [5.41, 5.74) is 2.35. The van der Waals surface area contributed by atoms with Crippen LogP contribution in [0.1, 0.15) is 77.0 Å². The number of aromatic nitrogens is 3. The number of hydrogen-bond acceptors (Lipinski definition) is 8. The number of nitrogens with zero attached hydrogens (tertiary/aromatic N) is 7. The Morgan fingerprint density at radius 1 is 1.12 bits per heavy atom. The lowest BCUT2D eigenvalue weighted by Gasteiger charge is -2.39. The lowest BCUT2D eigenvalue weighted by molar-refractivity contribution is 0.00565. The fourth-order valence-electron chi connectivity index (χ4n) is 8.24. The highest BCUT2D eigenvalue weighted by molar-refractivity contribution is 6.09. The fraction of sp³-hybridized carbons (Fsp3) is 0.439. The topological polar surface area (TPSA) is 120 Å². The highest BCUT2D eigenvalue weighted by atomic mass is 19.1. The number of fused-ring (bicyclic) bond motifs is 4. The van der Waals surface area contributed by atoms with Gasteiger partial charge < -0.3 is 14.4 Å². The molecule has 11 heteroatoms. The minimum Gasteiger partial charge on any atom is -0.472 e. The van der Waals surface area contributed by atoms with Crippen LogP contribution in [0.25, 0.3) is 43.7 Å². The van der Waals surface area contributed by atoms with E-state index in [4.69, 9.17) is 19.6 Å². The van der Waals surface area contributed by atoms with Gasteiger partial charge in [0, 0.05) is 28.9 Å². The molecule has 1 amide bonds. The van der Waals surface area contributed by atoms with E-state index in [9.17, 15) is 15.3 Å². The molecule has 0 bridgehead atoms. The van der Waals surface area contributed by atoms with Gasteiger partial charge in [0.2, 0.25) is 5.88 Å². The monoisotopic (exact) mass is 701 g/mol. The Bertz CT molecular complexity index is 2280. The van der Waals surface area contributed by atoms with Crippen molar-refractivity contribution in [3.63, 3.8) is 0 Å². The zero-order valence-electron chi connectivity index (χ0n) is 30.6. The van der Waals surface area contributed by atoms with E-state index in [0.29, 0.717) is 69.2 Å². The van der Waals surface area contributed by atoms with E-state index < -0.39 is 17.5 Å². The summed E-state index contributed by atoms with van der Waals surface area (Å²) < 4.78 is 31.6. The van der Waals surface area contributed by atoms with Crippen LogP contribution in [0.15, 0.2) is 48.7 Å². The highest BCUT2D eigenvalue weighted by Gasteiger charge is 2.37. The van der Waals surface area contributed by atoms with Gasteiger partial charge in [0.25, 0.3) is 0 Å². The number of halogens is 1. The first-order valence-electron chi connectivity index (χ1n) is 18.1. The molecule has 2 aliphatic heterocycles. The van der Waals surface area contributed by atoms with Crippen molar-refractivity contribution in [3.8, 4) is 29.1 Å². The largest absolute Gasteiger partial charge is 0.472 e. The van der Waals surface area contributed by atoms with Gasteiger partial charge >= 0.3 is 6.09 Å². The molecule has 2 aromatic heterocycles. The second-order valence-electron chi connectivity index (χ2n) is 15.2. The van der Waals surface area contributed by atoms with Crippen LogP contribution >= 0.6 is 0 Å². The summed E-state index contributed by atoms with van der Waals surface area (Å²) >= 11 is 0. The molecule has 3 aromatic carbocycles. The second kappa shape index (κ2) is 13.7. The fourth-order valence-corrected chi connectivity index (χ4v) is 8.24. The van der Waals surface area contributed by atoms with Gasteiger partial charge in [-0.3, -0.25) is 9.58 Å². The van der Waals surface area contributed by atoms with Crippen molar-refractivity contribution < 1.29 is 18.7 Å². The summed E-state index contributed by atoms with van der Waals surface area (Å²) in [6.07, 6.45) is 4.33. The van der Waals surface area contributed by atoms with Gasteiger partial charge in [-0.05, 0) is 103 Å². The molecule has 7 rings (SSSR count). The summed E-state index contributed by atoms with van der Waals surface area (Å²) in [5.74, 6) is -0.187. The average molecular weight is 702 g/mol. The molecule has 0 aliphatic carbocycles. The molecule has 4 heterocycles. The van der Waals surface area contributed by atoms with Crippen LogP contribution in [0.5, 0.6) is 5.88 Å². The molecule has 0 N–H and O–H groups in total. The maximum atomic E-state index is 17.4. The third kappa shape index (κ3) is 6.28. The third-order valence-corrected chi connectivity index (χ3v) is 10.6. The van der Waals surface area contributed by atoms with Crippen LogP contribution in [0, 0.1) is 35.4 Å². The van der Waals surface area contributed by atoms with Crippen LogP contribution in [0.4, 0.5) is 9.18 Å². The number of benzene rings is 3. The van der Waals surface area contributed by atoms with E-state index in [1.165, 1.54) is 0 Å². The molecule has 0 unspecified atom stereocenters. The summed E-state index contributed by atoms with van der Waals surface area (Å²) in [5, 5.41) is 27.5. The molecule has 4 atom stereocenters. The van der Waals surface area contributed by atoms with E-state index in [0.717, 1.165) is 24.8 Å². The predicted octanol–water partition coefficient (Wildman–Crippen LogP) is 8.44. The first-order valence-corrected chi connectivity index (χ1v) is 18.1. The van der Waals surface area contributed by atoms with Crippen molar-refractivity contribution in [2.24, 2.45) is 0 Å². The molecular weight excluding hydrogens is 657 g/mol. The van der Waals surface area contributed by atoms with Gasteiger partial charge in [-0.25, -0.2) is 14.2 Å². The summed E-state index contributed by atoms with van der Waals surface area (Å²) in [4.78, 5) is 22.0. The van der Waals surface area contributed by atoms with Gasteiger partial charge in [-0.2, -0.15) is 15.6 Å². The first-order chi connectivity index (χ1) is 24.9. The van der Waals surface area contributed by atoms with Gasteiger partial charge in [0.15, 0.2) is 5.82 Å². The Kier molecular flexibility index (Phi) is 9.26. The molecule has 0 saturated carbocycles. The quantitative estimate of drug-likeness (QED) is 0.173. The molecule has 2 fully saturated rings. The normalized spacial score (nSPS) is 20.2. The zero-order valence-corrected chi connectivity index (χ0v) is 30.6. The first kappa shape index (κ1) is 35.2. The molecule has 2 saturated heterocycles. The van der Waals surface area contributed by atoms with Gasteiger partial charge in [-0.15, -0.1) is 0 Å². The number of carbonyl (C=O) groups excluding carboxylic acids is 1. The van der Waals surface area contributed by atoms with Crippen LogP contribution in [0.2, 0.25) is 0 Å². The number of nitriles is 2. The van der Waals surface area contributed by atoms with Crippen LogP contribution in [-0.4, -0.2) is 74.6 Å². The number of carbonyl (C=O) groups is 1. The minimum atomic E-state index is -0.668. The number of amides is 1. The predicted molar refractivity (Wildman–Crippen MR) is 198 cm³/mol. The Balaban J connectivity index is 1.40.